The highest BCUT2D eigenvalue weighted by atomic mass is 35.5. The Morgan fingerprint density at radius 3 is 2.62 bits per heavy atom. The van der Waals surface area contributed by atoms with E-state index in [1.165, 1.54) is 13.2 Å². The van der Waals surface area contributed by atoms with E-state index in [1.807, 2.05) is 13.0 Å². The maximum Gasteiger partial charge on any atom is 0.335 e. The van der Waals surface area contributed by atoms with Crippen LogP contribution in [0.4, 0.5) is 0 Å². The van der Waals surface area contributed by atoms with Crippen LogP contribution in [0.1, 0.15) is 21.5 Å². The fraction of sp³-hybridized carbons (Fsp3) is 0.188. The zero-order valence-electron chi connectivity index (χ0n) is 11.7. The Morgan fingerprint density at radius 1 is 1.24 bits per heavy atom. The molecule has 5 heteroatoms. The zero-order valence-corrected chi connectivity index (χ0v) is 12.5. The minimum absolute atomic E-state index is 0.196. The standard InChI is InChI=1S/C16H15ClO4/c1-10-7-13(4-5-14(10)17)21-9-12-8-11(16(18)19)3-6-15(12)20-2/h3-8H,9H2,1-2H3,(H,18,19). The lowest BCUT2D eigenvalue weighted by molar-refractivity contribution is 0.0696. The monoisotopic (exact) mass is 306 g/mol. The van der Waals surface area contributed by atoms with E-state index in [0.29, 0.717) is 22.1 Å². The Balaban J connectivity index is 2.19. The van der Waals surface area contributed by atoms with E-state index in [1.54, 1.807) is 24.3 Å². The van der Waals surface area contributed by atoms with Gasteiger partial charge in [0.05, 0.1) is 12.7 Å². The van der Waals surface area contributed by atoms with Gasteiger partial charge < -0.3 is 14.6 Å². The van der Waals surface area contributed by atoms with Gasteiger partial charge in [-0.25, -0.2) is 4.79 Å². The fourth-order valence-electron chi connectivity index (χ4n) is 1.89. The first kappa shape index (κ1) is 15.2. The lowest BCUT2D eigenvalue weighted by atomic mass is 10.1. The molecular formula is C16H15ClO4. The first-order valence-electron chi connectivity index (χ1n) is 6.30. The number of benzene rings is 2. The van der Waals surface area contributed by atoms with Crippen molar-refractivity contribution in [3.05, 3.63) is 58.1 Å². The molecule has 0 spiro atoms. The van der Waals surface area contributed by atoms with Crippen LogP contribution in [0, 0.1) is 6.92 Å². The van der Waals surface area contributed by atoms with Gasteiger partial charge in [0.25, 0.3) is 0 Å². The predicted molar refractivity (Wildman–Crippen MR) is 80.5 cm³/mol. The van der Waals surface area contributed by atoms with E-state index in [9.17, 15) is 4.79 Å². The number of hydrogen-bond donors (Lipinski definition) is 1. The molecule has 21 heavy (non-hydrogen) atoms. The molecule has 0 bridgehead atoms. The van der Waals surface area contributed by atoms with E-state index in [-0.39, 0.29) is 12.2 Å². The summed E-state index contributed by atoms with van der Waals surface area (Å²) in [5, 5.41) is 9.70. The van der Waals surface area contributed by atoms with Gasteiger partial charge in [0, 0.05) is 10.6 Å². The van der Waals surface area contributed by atoms with Gasteiger partial charge in [-0.05, 0) is 48.9 Å². The van der Waals surface area contributed by atoms with Crippen molar-refractivity contribution >= 4 is 17.6 Å². The SMILES string of the molecule is COc1ccc(C(=O)O)cc1COc1ccc(Cl)c(C)c1. The molecule has 0 atom stereocenters. The molecule has 0 aliphatic carbocycles. The van der Waals surface area contributed by atoms with Crippen LogP contribution in [0.5, 0.6) is 11.5 Å². The van der Waals surface area contributed by atoms with Gasteiger partial charge in [-0.1, -0.05) is 11.6 Å². The molecule has 0 aliphatic rings. The molecule has 1 N–H and O–H groups in total. The predicted octanol–water partition coefficient (Wildman–Crippen LogP) is 3.93. The first-order chi connectivity index (χ1) is 10.0. The van der Waals surface area contributed by atoms with Crippen LogP contribution in [-0.2, 0) is 6.61 Å². The molecule has 2 rings (SSSR count). The zero-order chi connectivity index (χ0) is 15.4. The number of aromatic carboxylic acids is 1. The highest BCUT2D eigenvalue weighted by molar-refractivity contribution is 6.31. The lowest BCUT2D eigenvalue weighted by Crippen LogP contribution is -2.03. The first-order valence-corrected chi connectivity index (χ1v) is 6.68. The van der Waals surface area contributed by atoms with Crippen molar-refractivity contribution in [2.75, 3.05) is 7.11 Å². The minimum atomic E-state index is -0.985. The third kappa shape index (κ3) is 3.67. The van der Waals surface area contributed by atoms with Gasteiger partial charge in [-0.2, -0.15) is 0 Å². The number of halogens is 1. The summed E-state index contributed by atoms with van der Waals surface area (Å²) >= 11 is 5.96. The number of hydrogen-bond acceptors (Lipinski definition) is 3. The Kier molecular flexibility index (Phi) is 4.70. The fourth-order valence-corrected chi connectivity index (χ4v) is 2.01. The summed E-state index contributed by atoms with van der Waals surface area (Å²) in [5.74, 6) is 0.270. The van der Waals surface area contributed by atoms with Crippen LogP contribution in [0.3, 0.4) is 0 Å². The molecule has 0 saturated carbocycles. The van der Waals surface area contributed by atoms with E-state index in [0.717, 1.165) is 5.56 Å². The average Bonchev–Trinajstić information content (AvgIpc) is 2.48. The molecule has 0 radical (unpaired) electrons. The van der Waals surface area contributed by atoms with Gasteiger partial charge in [-0.3, -0.25) is 0 Å². The van der Waals surface area contributed by atoms with Crippen LogP contribution >= 0.6 is 11.6 Å². The average molecular weight is 307 g/mol. The summed E-state index contributed by atoms with van der Waals surface area (Å²) < 4.78 is 10.9. The van der Waals surface area contributed by atoms with E-state index >= 15 is 0 Å². The van der Waals surface area contributed by atoms with Crippen molar-refractivity contribution in [2.24, 2.45) is 0 Å². The quantitative estimate of drug-likeness (QED) is 0.909. The summed E-state index contributed by atoms with van der Waals surface area (Å²) in [4.78, 5) is 11.0. The number of carboxylic acid groups (broad SMARTS) is 1. The lowest BCUT2D eigenvalue weighted by Gasteiger charge is -2.12. The highest BCUT2D eigenvalue weighted by Gasteiger charge is 2.10. The topological polar surface area (TPSA) is 55.8 Å². The molecule has 110 valence electrons. The number of aryl methyl sites for hydroxylation is 1. The molecule has 0 amide bonds. The third-order valence-electron chi connectivity index (χ3n) is 3.05. The largest absolute Gasteiger partial charge is 0.496 e. The van der Waals surface area contributed by atoms with Gasteiger partial charge in [0.1, 0.15) is 18.1 Å². The molecule has 0 aliphatic heterocycles. The second kappa shape index (κ2) is 6.50. The van der Waals surface area contributed by atoms with Gasteiger partial charge in [-0.15, -0.1) is 0 Å². The normalized spacial score (nSPS) is 10.2. The van der Waals surface area contributed by atoms with E-state index < -0.39 is 5.97 Å². The smallest absolute Gasteiger partial charge is 0.335 e. The Morgan fingerprint density at radius 2 is 2.00 bits per heavy atom. The Labute approximate surface area is 127 Å². The van der Waals surface area contributed by atoms with Crippen molar-refractivity contribution in [3.8, 4) is 11.5 Å². The number of ether oxygens (including phenoxy) is 2. The number of carbonyl (C=O) groups is 1. The molecule has 2 aromatic carbocycles. The van der Waals surface area contributed by atoms with Crippen LogP contribution in [-0.4, -0.2) is 18.2 Å². The highest BCUT2D eigenvalue weighted by Crippen LogP contribution is 2.25. The molecular weight excluding hydrogens is 292 g/mol. The van der Waals surface area contributed by atoms with Gasteiger partial charge in [0.15, 0.2) is 0 Å². The molecule has 0 aromatic heterocycles. The van der Waals surface area contributed by atoms with Crippen LogP contribution in [0.15, 0.2) is 36.4 Å². The van der Waals surface area contributed by atoms with Crippen molar-refractivity contribution < 1.29 is 19.4 Å². The van der Waals surface area contributed by atoms with Crippen molar-refractivity contribution in [1.82, 2.24) is 0 Å². The minimum Gasteiger partial charge on any atom is -0.496 e. The van der Waals surface area contributed by atoms with E-state index in [2.05, 4.69) is 0 Å². The molecule has 2 aromatic rings. The second-order valence-corrected chi connectivity index (χ2v) is 4.94. The molecule has 4 nitrogen and oxygen atoms in total. The van der Waals surface area contributed by atoms with Gasteiger partial charge in [0.2, 0.25) is 0 Å². The maximum absolute atomic E-state index is 11.0. The second-order valence-electron chi connectivity index (χ2n) is 4.53. The van der Waals surface area contributed by atoms with Crippen LogP contribution in [0.2, 0.25) is 5.02 Å². The van der Waals surface area contributed by atoms with Crippen molar-refractivity contribution in [1.29, 1.82) is 0 Å². The molecule has 0 unspecified atom stereocenters. The molecule has 0 heterocycles. The molecule has 0 saturated heterocycles. The third-order valence-corrected chi connectivity index (χ3v) is 3.48. The Bertz CT molecular complexity index is 667. The summed E-state index contributed by atoms with van der Waals surface area (Å²) in [6.45, 7) is 2.10. The van der Waals surface area contributed by atoms with Crippen LogP contribution in [0.25, 0.3) is 0 Å². The number of carboxylic acids is 1. The summed E-state index contributed by atoms with van der Waals surface area (Å²) in [6, 6.07) is 10.0. The van der Waals surface area contributed by atoms with Crippen molar-refractivity contribution in [3.63, 3.8) is 0 Å². The summed E-state index contributed by atoms with van der Waals surface area (Å²) in [6.07, 6.45) is 0. The number of rotatable bonds is 5. The van der Waals surface area contributed by atoms with Crippen LogP contribution < -0.4 is 9.47 Å². The maximum atomic E-state index is 11.0. The van der Waals surface area contributed by atoms with Gasteiger partial charge >= 0.3 is 5.97 Å². The van der Waals surface area contributed by atoms with Crippen molar-refractivity contribution in [2.45, 2.75) is 13.5 Å². The Hall–Kier alpha value is -2.20. The number of methoxy groups -OCH3 is 1. The summed E-state index contributed by atoms with van der Waals surface area (Å²) in [7, 11) is 1.53. The summed E-state index contributed by atoms with van der Waals surface area (Å²) in [5.41, 5.74) is 1.78. The van der Waals surface area contributed by atoms with E-state index in [4.69, 9.17) is 26.2 Å². The molecule has 0 fully saturated rings.